The summed E-state index contributed by atoms with van der Waals surface area (Å²) in [6.07, 6.45) is 0. The zero-order valence-corrected chi connectivity index (χ0v) is 5.00. The quantitative estimate of drug-likeness (QED) is 0.401. The third-order valence-corrected chi connectivity index (χ3v) is 1.54. The van der Waals surface area contributed by atoms with Crippen LogP contribution in [0.4, 0.5) is 3.89 Å². The minimum atomic E-state index is -5.02. The molecule has 5 nitrogen and oxygen atoms in total. The first-order valence-corrected chi connectivity index (χ1v) is 3.74. The zero-order chi connectivity index (χ0) is 6.78. The number of halogens is 1. The summed E-state index contributed by atoms with van der Waals surface area (Å²) >= 11 is -2.85. The topological polar surface area (TPSA) is 83.5 Å². The van der Waals surface area contributed by atoms with Crippen molar-refractivity contribution in [1.82, 2.24) is 4.13 Å². The molecule has 8 heavy (non-hydrogen) atoms. The van der Waals surface area contributed by atoms with Gasteiger partial charge >= 0.3 is 10.4 Å². The van der Waals surface area contributed by atoms with Gasteiger partial charge in [-0.15, -0.1) is 0 Å². The van der Waals surface area contributed by atoms with Crippen molar-refractivity contribution in [2.75, 3.05) is 0 Å². The molecule has 0 saturated carbocycles. The standard InChI is InChI=1S/FH2NO4S2/c1-8(5,6)2-7(3)4/h2H,(H,3,4). The van der Waals surface area contributed by atoms with E-state index in [2.05, 4.69) is 0 Å². The van der Waals surface area contributed by atoms with Crippen LogP contribution < -0.4 is 4.13 Å². The van der Waals surface area contributed by atoms with Gasteiger partial charge in [-0.2, -0.15) is 8.42 Å². The Morgan fingerprint density at radius 3 is 2.00 bits per heavy atom. The van der Waals surface area contributed by atoms with Crippen molar-refractivity contribution in [3.63, 3.8) is 0 Å². The summed E-state index contributed by atoms with van der Waals surface area (Å²) in [6, 6.07) is 0. The Morgan fingerprint density at radius 1 is 1.62 bits per heavy atom. The molecule has 2 N–H and O–H groups in total. The van der Waals surface area contributed by atoms with Crippen molar-refractivity contribution in [3.05, 3.63) is 0 Å². The molecule has 0 heterocycles. The lowest BCUT2D eigenvalue weighted by Crippen LogP contribution is -2.20. The van der Waals surface area contributed by atoms with Crippen molar-refractivity contribution < 1.29 is 21.1 Å². The van der Waals surface area contributed by atoms with Gasteiger partial charge in [0.1, 0.15) is 0 Å². The van der Waals surface area contributed by atoms with Crippen LogP contribution in [0.1, 0.15) is 0 Å². The van der Waals surface area contributed by atoms with E-state index in [1.165, 1.54) is 0 Å². The molecule has 0 aliphatic rings. The molecule has 0 radical (unpaired) electrons. The summed E-state index contributed by atoms with van der Waals surface area (Å²) in [6.45, 7) is 0. The SMILES string of the molecule is O=S(O)NS(=O)(=O)F. The monoisotopic (exact) mass is 163 g/mol. The summed E-state index contributed by atoms with van der Waals surface area (Å²) in [5, 5.41) is 0. The lowest BCUT2D eigenvalue weighted by molar-refractivity contribution is 0.533. The molecule has 0 aromatic heterocycles. The third kappa shape index (κ3) is 5.95. The molecule has 8 heteroatoms. The van der Waals surface area contributed by atoms with Crippen LogP contribution in [0.2, 0.25) is 0 Å². The maximum atomic E-state index is 11.1. The normalized spacial score (nSPS) is 15.8. The smallest absolute Gasteiger partial charge is 0.293 e. The first kappa shape index (κ1) is 7.95. The number of rotatable bonds is 2. The molecule has 0 bridgehead atoms. The second-order valence-electron chi connectivity index (χ2n) is 0.770. The Bertz CT molecular complexity index is 180. The van der Waals surface area contributed by atoms with Gasteiger partial charge in [0.05, 0.1) is 0 Å². The van der Waals surface area contributed by atoms with E-state index in [0.717, 1.165) is 0 Å². The first-order valence-electron chi connectivity index (χ1n) is 1.25. The summed E-state index contributed by atoms with van der Waals surface area (Å²) < 4.78 is 47.5. The maximum absolute atomic E-state index is 11.1. The van der Waals surface area contributed by atoms with E-state index in [1.54, 1.807) is 0 Å². The Morgan fingerprint density at radius 2 is 2.00 bits per heavy atom. The van der Waals surface area contributed by atoms with Gasteiger partial charge in [-0.3, -0.25) is 4.55 Å². The van der Waals surface area contributed by atoms with Gasteiger partial charge in [-0.25, -0.2) is 4.21 Å². The Balaban J connectivity index is 3.95. The van der Waals surface area contributed by atoms with Gasteiger partial charge in [0, 0.05) is 0 Å². The Hall–Kier alpha value is -0.0500. The fourth-order valence-electron chi connectivity index (χ4n) is 0.0852. The van der Waals surface area contributed by atoms with Crippen LogP contribution in [0.3, 0.4) is 0 Å². The minimum Gasteiger partial charge on any atom is -0.293 e. The molecule has 0 spiro atoms. The second-order valence-corrected chi connectivity index (χ2v) is 2.81. The molecule has 0 rings (SSSR count). The molecule has 0 amide bonds. The molecule has 0 fully saturated rings. The van der Waals surface area contributed by atoms with E-state index < -0.39 is 21.7 Å². The predicted octanol–water partition coefficient (Wildman–Crippen LogP) is -1.07. The fourth-order valence-corrected chi connectivity index (χ4v) is 0.766. The van der Waals surface area contributed by atoms with Gasteiger partial charge in [0.25, 0.3) is 0 Å². The molecule has 1 atom stereocenters. The van der Waals surface area contributed by atoms with Crippen LogP contribution in [0.15, 0.2) is 0 Å². The van der Waals surface area contributed by atoms with E-state index in [4.69, 9.17) is 4.55 Å². The van der Waals surface area contributed by atoms with E-state index >= 15 is 0 Å². The second kappa shape index (κ2) is 2.49. The molecule has 1 unspecified atom stereocenters. The fraction of sp³-hybridized carbons (Fsp3) is 0. The zero-order valence-electron chi connectivity index (χ0n) is 3.37. The van der Waals surface area contributed by atoms with Crippen molar-refractivity contribution in [1.29, 1.82) is 0 Å². The molecule has 50 valence electrons. The molecule has 0 aromatic carbocycles. The van der Waals surface area contributed by atoms with E-state index in [9.17, 15) is 16.5 Å². The van der Waals surface area contributed by atoms with Crippen LogP contribution >= 0.6 is 0 Å². The average Bonchev–Trinajstić information content (AvgIpc) is 1.21. The van der Waals surface area contributed by atoms with Gasteiger partial charge in [-0.05, 0) is 0 Å². The van der Waals surface area contributed by atoms with Crippen molar-refractivity contribution >= 4 is 21.7 Å². The minimum absolute atomic E-state index is 0.715. The molecule has 0 aromatic rings. The average molecular weight is 163 g/mol. The summed E-state index contributed by atoms with van der Waals surface area (Å²) in [5.41, 5.74) is 0. The molecular weight excluding hydrogens is 161 g/mol. The van der Waals surface area contributed by atoms with Gasteiger partial charge in [0.2, 0.25) is 11.3 Å². The number of nitrogens with one attached hydrogen (secondary N) is 1. The highest BCUT2D eigenvalue weighted by molar-refractivity contribution is 7.96. The lowest BCUT2D eigenvalue weighted by Gasteiger charge is -1.86. The van der Waals surface area contributed by atoms with Crippen molar-refractivity contribution in [2.45, 2.75) is 0 Å². The summed E-state index contributed by atoms with van der Waals surface area (Å²) in [7, 11) is -5.02. The van der Waals surface area contributed by atoms with E-state index in [-0.39, 0.29) is 0 Å². The molecular formula is H2FNO4S2. The van der Waals surface area contributed by atoms with Crippen LogP contribution in [0.5, 0.6) is 0 Å². The predicted molar refractivity (Wildman–Crippen MR) is 23.9 cm³/mol. The summed E-state index contributed by atoms with van der Waals surface area (Å²) in [5.74, 6) is 0. The van der Waals surface area contributed by atoms with Crippen molar-refractivity contribution in [2.24, 2.45) is 0 Å². The highest BCUT2D eigenvalue weighted by atomic mass is 32.3. The van der Waals surface area contributed by atoms with Crippen LogP contribution in [-0.2, 0) is 21.7 Å². The molecule has 0 aliphatic carbocycles. The molecule has 0 saturated heterocycles. The third-order valence-electron chi connectivity index (χ3n) is 0.171. The van der Waals surface area contributed by atoms with Gasteiger partial charge in [-0.1, -0.05) is 8.01 Å². The highest BCUT2D eigenvalue weighted by Crippen LogP contribution is 1.81. The van der Waals surface area contributed by atoms with E-state index in [1.807, 2.05) is 0 Å². The van der Waals surface area contributed by atoms with Gasteiger partial charge < -0.3 is 0 Å². The van der Waals surface area contributed by atoms with Crippen LogP contribution in [0, 0.1) is 0 Å². The Labute approximate surface area is 47.7 Å². The van der Waals surface area contributed by atoms with E-state index in [0.29, 0.717) is 4.13 Å². The number of hydrogen-bond donors (Lipinski definition) is 2. The van der Waals surface area contributed by atoms with Crippen molar-refractivity contribution in [3.8, 4) is 0 Å². The largest absolute Gasteiger partial charge is 0.385 e. The highest BCUT2D eigenvalue weighted by Gasteiger charge is 2.07. The lowest BCUT2D eigenvalue weighted by atomic mass is 13.9. The van der Waals surface area contributed by atoms with Gasteiger partial charge in [0.15, 0.2) is 0 Å². The first-order chi connectivity index (χ1) is 3.42. The maximum Gasteiger partial charge on any atom is 0.385 e. The number of hydrogen-bond acceptors (Lipinski definition) is 3. The van der Waals surface area contributed by atoms with Crippen LogP contribution in [0.25, 0.3) is 0 Å². The Kier molecular flexibility index (Phi) is 2.47. The summed E-state index contributed by atoms with van der Waals surface area (Å²) in [4.78, 5) is 0. The van der Waals surface area contributed by atoms with Crippen LogP contribution in [-0.4, -0.2) is 17.2 Å². The molecule has 0 aliphatic heterocycles.